The third-order valence-electron chi connectivity index (χ3n) is 3.59. The maximum Gasteiger partial charge on any atom is 0.326 e. The van der Waals surface area contributed by atoms with Crippen LogP contribution in [0.1, 0.15) is 17.5 Å². The normalized spacial score (nSPS) is 16.5. The van der Waals surface area contributed by atoms with Crippen molar-refractivity contribution in [2.75, 3.05) is 6.54 Å². The van der Waals surface area contributed by atoms with E-state index in [-0.39, 0.29) is 4.32 Å². The van der Waals surface area contributed by atoms with Crippen LogP contribution in [0.3, 0.4) is 0 Å². The van der Waals surface area contributed by atoms with Crippen LogP contribution >= 0.6 is 24.0 Å². The molecular formula is C17H17N3O5S2. The summed E-state index contributed by atoms with van der Waals surface area (Å²) in [5, 5.41) is 11.2. The van der Waals surface area contributed by atoms with E-state index in [4.69, 9.17) is 23.1 Å². The number of rotatable bonds is 7. The molecule has 0 saturated carbocycles. The summed E-state index contributed by atoms with van der Waals surface area (Å²) in [6.45, 7) is 1.50. The summed E-state index contributed by atoms with van der Waals surface area (Å²) < 4.78 is 0.190. The van der Waals surface area contributed by atoms with Gasteiger partial charge in [-0.3, -0.25) is 19.3 Å². The Balaban J connectivity index is 2.06. The van der Waals surface area contributed by atoms with Gasteiger partial charge in [-0.15, -0.1) is 0 Å². The molecule has 0 bridgehead atoms. The van der Waals surface area contributed by atoms with Crippen LogP contribution in [0.2, 0.25) is 0 Å². The SMILES string of the molecule is Cc1ccc(/C=C2/SC(=S)N(CC(=O)N[C@H](CC(N)=O)C(=O)O)C2=O)cc1. The zero-order chi connectivity index (χ0) is 20.1. The summed E-state index contributed by atoms with van der Waals surface area (Å²) >= 11 is 6.20. The Hall–Kier alpha value is -2.72. The van der Waals surface area contributed by atoms with E-state index in [0.29, 0.717) is 4.91 Å². The highest BCUT2D eigenvalue weighted by atomic mass is 32.2. The highest BCUT2D eigenvalue weighted by molar-refractivity contribution is 8.26. The Kier molecular flexibility index (Phi) is 6.70. The minimum atomic E-state index is -1.46. The number of hydrogen-bond acceptors (Lipinski definition) is 6. The number of amides is 3. The van der Waals surface area contributed by atoms with Crippen LogP contribution in [-0.4, -0.2) is 50.6 Å². The number of aryl methyl sites for hydroxylation is 1. The number of carbonyl (C=O) groups is 4. The number of nitrogens with one attached hydrogen (secondary N) is 1. The molecule has 4 N–H and O–H groups in total. The minimum Gasteiger partial charge on any atom is -0.480 e. The molecule has 1 aromatic rings. The van der Waals surface area contributed by atoms with Gasteiger partial charge < -0.3 is 16.2 Å². The molecule has 1 aliphatic rings. The summed E-state index contributed by atoms with van der Waals surface area (Å²) in [4.78, 5) is 48.0. The molecule has 1 atom stereocenters. The van der Waals surface area contributed by atoms with Crippen LogP contribution in [-0.2, 0) is 19.2 Å². The van der Waals surface area contributed by atoms with Gasteiger partial charge in [0, 0.05) is 0 Å². The number of aliphatic carboxylic acids is 1. The predicted octanol–water partition coefficient (Wildman–Crippen LogP) is 0.641. The zero-order valence-electron chi connectivity index (χ0n) is 14.3. The zero-order valence-corrected chi connectivity index (χ0v) is 15.9. The van der Waals surface area contributed by atoms with Gasteiger partial charge in [-0.1, -0.05) is 53.8 Å². The van der Waals surface area contributed by atoms with Crippen molar-refractivity contribution in [1.82, 2.24) is 10.2 Å². The van der Waals surface area contributed by atoms with Gasteiger partial charge >= 0.3 is 5.97 Å². The number of carbonyl (C=O) groups excluding carboxylic acids is 3. The molecule has 8 nitrogen and oxygen atoms in total. The number of primary amides is 1. The highest BCUT2D eigenvalue weighted by Crippen LogP contribution is 2.32. The second-order valence-electron chi connectivity index (χ2n) is 5.81. The maximum atomic E-state index is 12.5. The number of thioether (sulfide) groups is 1. The molecule has 0 aliphatic carbocycles. The average molecular weight is 407 g/mol. The first-order chi connectivity index (χ1) is 12.7. The summed E-state index contributed by atoms with van der Waals surface area (Å²) in [7, 11) is 0. The average Bonchev–Trinajstić information content (AvgIpc) is 2.83. The number of hydrogen-bond donors (Lipinski definition) is 3. The Morgan fingerprint density at radius 1 is 1.33 bits per heavy atom. The molecule has 0 aromatic heterocycles. The van der Waals surface area contributed by atoms with E-state index < -0.39 is 42.7 Å². The van der Waals surface area contributed by atoms with Crippen LogP contribution in [0.25, 0.3) is 6.08 Å². The number of benzene rings is 1. The van der Waals surface area contributed by atoms with Gasteiger partial charge in [0.05, 0.1) is 11.3 Å². The van der Waals surface area contributed by atoms with Gasteiger partial charge in [0.25, 0.3) is 5.91 Å². The Morgan fingerprint density at radius 3 is 2.52 bits per heavy atom. The first-order valence-electron chi connectivity index (χ1n) is 7.80. The van der Waals surface area contributed by atoms with Crippen molar-refractivity contribution < 1.29 is 24.3 Å². The van der Waals surface area contributed by atoms with E-state index in [1.54, 1.807) is 6.08 Å². The van der Waals surface area contributed by atoms with Crippen molar-refractivity contribution in [3.05, 3.63) is 40.3 Å². The molecule has 2 rings (SSSR count). The van der Waals surface area contributed by atoms with Crippen molar-refractivity contribution in [3.63, 3.8) is 0 Å². The van der Waals surface area contributed by atoms with E-state index in [1.807, 2.05) is 31.2 Å². The molecule has 1 fully saturated rings. The molecule has 142 valence electrons. The predicted molar refractivity (Wildman–Crippen MR) is 104 cm³/mol. The van der Waals surface area contributed by atoms with Crippen LogP contribution < -0.4 is 11.1 Å². The van der Waals surface area contributed by atoms with E-state index in [1.165, 1.54) is 0 Å². The Labute approximate surface area is 164 Å². The summed E-state index contributed by atoms with van der Waals surface area (Å²) in [6.07, 6.45) is 1.12. The fraction of sp³-hybridized carbons (Fsp3) is 0.235. The standard InChI is InChI=1S/C17H17N3O5S2/c1-9-2-4-10(5-3-9)6-12-15(23)20(17(26)27-12)8-14(22)19-11(16(24)25)7-13(18)21/h2-6,11H,7-8H2,1H3,(H2,18,21)(H,19,22)(H,24,25)/b12-6+/t11-/m1/s1. The molecular weight excluding hydrogens is 390 g/mol. The molecule has 0 unspecified atom stereocenters. The number of carboxylic acid groups (broad SMARTS) is 1. The molecule has 1 aliphatic heterocycles. The second kappa shape index (κ2) is 8.78. The van der Waals surface area contributed by atoms with Gasteiger partial charge in [-0.2, -0.15) is 0 Å². The first kappa shape index (κ1) is 20.6. The number of thiocarbonyl (C=S) groups is 1. The largest absolute Gasteiger partial charge is 0.480 e. The lowest BCUT2D eigenvalue weighted by atomic mass is 10.1. The lowest BCUT2D eigenvalue weighted by molar-refractivity contribution is -0.143. The van der Waals surface area contributed by atoms with Crippen molar-refractivity contribution in [3.8, 4) is 0 Å². The van der Waals surface area contributed by atoms with Crippen molar-refractivity contribution >= 4 is 58.1 Å². The smallest absolute Gasteiger partial charge is 0.326 e. The highest BCUT2D eigenvalue weighted by Gasteiger charge is 2.34. The van der Waals surface area contributed by atoms with E-state index in [9.17, 15) is 19.2 Å². The minimum absolute atomic E-state index is 0.190. The van der Waals surface area contributed by atoms with Crippen LogP contribution in [0, 0.1) is 6.92 Å². The number of nitrogens with two attached hydrogens (primary N) is 1. The van der Waals surface area contributed by atoms with Crippen molar-refractivity contribution in [2.45, 2.75) is 19.4 Å². The molecule has 10 heteroatoms. The van der Waals surface area contributed by atoms with E-state index in [0.717, 1.165) is 27.8 Å². The lowest BCUT2D eigenvalue weighted by Crippen LogP contribution is -2.47. The molecule has 1 saturated heterocycles. The number of carboxylic acids is 1. The second-order valence-corrected chi connectivity index (χ2v) is 7.48. The van der Waals surface area contributed by atoms with Crippen molar-refractivity contribution in [2.24, 2.45) is 5.73 Å². The Morgan fingerprint density at radius 2 is 1.96 bits per heavy atom. The van der Waals surface area contributed by atoms with Crippen LogP contribution in [0.5, 0.6) is 0 Å². The summed E-state index contributed by atoms with van der Waals surface area (Å²) in [5.74, 6) is -3.46. The fourth-order valence-electron chi connectivity index (χ4n) is 2.24. The van der Waals surface area contributed by atoms with Gasteiger partial charge in [0.1, 0.15) is 16.9 Å². The van der Waals surface area contributed by atoms with E-state index >= 15 is 0 Å². The van der Waals surface area contributed by atoms with Gasteiger partial charge in [0.2, 0.25) is 11.8 Å². The van der Waals surface area contributed by atoms with Gasteiger partial charge in [-0.05, 0) is 18.6 Å². The third kappa shape index (κ3) is 5.63. The summed E-state index contributed by atoms with van der Waals surface area (Å²) in [5.41, 5.74) is 6.87. The third-order valence-corrected chi connectivity index (χ3v) is 4.97. The molecule has 27 heavy (non-hydrogen) atoms. The first-order valence-corrected chi connectivity index (χ1v) is 9.02. The number of nitrogens with zero attached hydrogens (tertiary/aromatic N) is 1. The quantitative estimate of drug-likeness (QED) is 0.447. The molecule has 0 spiro atoms. The molecule has 1 aromatic carbocycles. The van der Waals surface area contributed by atoms with Crippen LogP contribution in [0.15, 0.2) is 29.2 Å². The monoisotopic (exact) mass is 407 g/mol. The topological polar surface area (TPSA) is 130 Å². The summed E-state index contributed by atoms with van der Waals surface area (Å²) in [6, 6.07) is 6.07. The van der Waals surface area contributed by atoms with Crippen molar-refractivity contribution in [1.29, 1.82) is 0 Å². The van der Waals surface area contributed by atoms with Gasteiger partial charge in [0.15, 0.2) is 0 Å². The maximum absolute atomic E-state index is 12.5. The lowest BCUT2D eigenvalue weighted by Gasteiger charge is -2.17. The fourth-order valence-corrected chi connectivity index (χ4v) is 3.49. The van der Waals surface area contributed by atoms with Gasteiger partial charge in [-0.25, -0.2) is 4.79 Å². The van der Waals surface area contributed by atoms with E-state index in [2.05, 4.69) is 5.32 Å². The van der Waals surface area contributed by atoms with Crippen LogP contribution in [0.4, 0.5) is 0 Å². The molecule has 1 heterocycles. The Bertz CT molecular complexity index is 835. The molecule has 0 radical (unpaired) electrons. The molecule has 3 amide bonds.